The van der Waals surface area contributed by atoms with Gasteiger partial charge in [0.1, 0.15) is 42.5 Å². The number of ether oxygens (including phenoxy) is 3. The fraction of sp³-hybridized carbons (Fsp3) is 0.426. The fourth-order valence-electron chi connectivity index (χ4n) is 7.33. The van der Waals surface area contributed by atoms with Crippen LogP contribution >= 0.6 is 0 Å². The third kappa shape index (κ3) is 12.3. The molecule has 0 spiro atoms. The number of nitrogens with zero attached hydrogens (tertiary/aromatic N) is 8. The standard InChI is InChI=1S/C26H33N5O3.C21H25N5O/c1-17(2)14-26(7,29-24(32)34-25(4,5)6)16-33-22-9-8-19(13-20(22)15-27)21-10-11-28-23-12-18(3)30-31(21)23;1-14(2)11-21(4,23)13-27-19-6-5-16(10-17(19)12-22)18-7-8-24-20-9-15(3)25-26(18)20/h8-13,17H,14,16H2,1-7H3,(H,29,32);5-10,14H,11,13,23H2,1-4H3/t26-;21-/m00/s1. The van der Waals surface area contributed by atoms with Crippen molar-refractivity contribution in [3.63, 3.8) is 0 Å². The first kappa shape index (κ1) is 45.6. The molecule has 0 unspecified atom stereocenters. The molecule has 0 fully saturated rings. The number of aryl methyl sites for hydroxylation is 2. The Labute approximate surface area is 358 Å². The molecule has 0 aliphatic rings. The van der Waals surface area contributed by atoms with Gasteiger partial charge in [-0.2, -0.15) is 20.7 Å². The first-order valence-electron chi connectivity index (χ1n) is 20.5. The number of hydrogen-bond acceptors (Lipinski definition) is 11. The molecule has 6 rings (SSSR count). The largest absolute Gasteiger partial charge is 0.490 e. The van der Waals surface area contributed by atoms with Crippen LogP contribution in [0.3, 0.4) is 0 Å². The number of aromatic nitrogens is 6. The molecule has 0 saturated carbocycles. The molecule has 4 heterocycles. The van der Waals surface area contributed by atoms with E-state index in [4.69, 9.17) is 19.9 Å². The Morgan fingerprint density at radius 2 is 1.18 bits per heavy atom. The molecule has 0 radical (unpaired) electrons. The minimum absolute atomic E-state index is 0.191. The van der Waals surface area contributed by atoms with Gasteiger partial charge in [-0.15, -0.1) is 0 Å². The molecule has 4 aromatic heterocycles. The maximum atomic E-state index is 12.4. The number of carbonyl (C=O) groups excluding carboxylic acids is 1. The Morgan fingerprint density at radius 3 is 1.61 bits per heavy atom. The van der Waals surface area contributed by atoms with E-state index in [1.807, 2.05) is 97.0 Å². The van der Waals surface area contributed by atoms with Crippen LogP contribution in [0.25, 0.3) is 33.8 Å². The summed E-state index contributed by atoms with van der Waals surface area (Å²) in [4.78, 5) is 21.1. The van der Waals surface area contributed by atoms with Crippen LogP contribution in [0.2, 0.25) is 0 Å². The average Bonchev–Trinajstić information content (AvgIpc) is 3.75. The second kappa shape index (κ2) is 18.8. The summed E-state index contributed by atoms with van der Waals surface area (Å²) >= 11 is 0. The number of fused-ring (bicyclic) bond motifs is 2. The van der Waals surface area contributed by atoms with E-state index in [0.29, 0.717) is 47.5 Å². The van der Waals surface area contributed by atoms with Crippen LogP contribution < -0.4 is 20.5 Å². The number of carbonyl (C=O) groups is 1. The van der Waals surface area contributed by atoms with Crippen molar-refractivity contribution in [2.75, 3.05) is 13.2 Å². The lowest BCUT2D eigenvalue weighted by molar-refractivity contribution is 0.0408. The first-order chi connectivity index (χ1) is 28.7. The van der Waals surface area contributed by atoms with Crippen molar-refractivity contribution in [2.45, 2.75) is 106 Å². The van der Waals surface area contributed by atoms with Crippen LogP contribution in [0.15, 0.2) is 73.1 Å². The molecule has 14 nitrogen and oxygen atoms in total. The van der Waals surface area contributed by atoms with Gasteiger partial charge in [-0.3, -0.25) is 0 Å². The zero-order chi connectivity index (χ0) is 44.7. The Hall–Kier alpha value is -6.51. The predicted molar refractivity (Wildman–Crippen MR) is 236 cm³/mol. The van der Waals surface area contributed by atoms with Crippen molar-refractivity contribution < 1.29 is 19.0 Å². The second-order valence-electron chi connectivity index (χ2n) is 18.0. The molecule has 0 aliphatic heterocycles. The number of benzene rings is 2. The highest BCUT2D eigenvalue weighted by Crippen LogP contribution is 2.30. The molecule has 3 N–H and O–H groups in total. The highest BCUT2D eigenvalue weighted by molar-refractivity contribution is 5.69. The van der Waals surface area contributed by atoms with E-state index in [1.54, 1.807) is 33.6 Å². The quantitative estimate of drug-likeness (QED) is 0.113. The van der Waals surface area contributed by atoms with Gasteiger partial charge in [0.05, 0.1) is 39.4 Å². The van der Waals surface area contributed by atoms with Crippen molar-refractivity contribution in [1.29, 1.82) is 10.5 Å². The monoisotopic (exact) mass is 826 g/mol. The van der Waals surface area contributed by atoms with Crippen LogP contribution in [-0.2, 0) is 4.74 Å². The molecular weight excluding hydrogens is 769 g/mol. The van der Waals surface area contributed by atoms with Crippen LogP contribution in [0, 0.1) is 48.3 Å². The van der Waals surface area contributed by atoms with Gasteiger partial charge >= 0.3 is 6.09 Å². The lowest BCUT2D eigenvalue weighted by atomic mass is 9.91. The molecule has 0 aliphatic carbocycles. The molecule has 61 heavy (non-hydrogen) atoms. The third-order valence-corrected chi connectivity index (χ3v) is 9.39. The van der Waals surface area contributed by atoms with Gasteiger partial charge in [-0.05, 0) is 122 Å². The minimum atomic E-state index is -0.675. The summed E-state index contributed by atoms with van der Waals surface area (Å²) in [5.41, 5.74) is 12.2. The van der Waals surface area contributed by atoms with E-state index in [1.165, 1.54) is 0 Å². The molecule has 0 bridgehead atoms. The second-order valence-corrected chi connectivity index (χ2v) is 18.0. The molecule has 14 heteroatoms. The van der Waals surface area contributed by atoms with Gasteiger partial charge in [-0.25, -0.2) is 23.8 Å². The summed E-state index contributed by atoms with van der Waals surface area (Å²) < 4.78 is 21.0. The normalized spacial score (nSPS) is 13.4. The SMILES string of the molecule is Cc1cc2nccc(-c3ccc(OC[C@@](C)(N)CC(C)C)c(C#N)c3)n2n1.Cc1cc2nccc(-c3ccc(OC[C@](C)(CC(C)C)NC(=O)OC(C)(C)C)c(C#N)c3)n2n1. The zero-order valence-corrected chi connectivity index (χ0v) is 37.2. The summed E-state index contributed by atoms with van der Waals surface area (Å²) in [6, 6.07) is 23.0. The lowest BCUT2D eigenvalue weighted by Gasteiger charge is -2.33. The van der Waals surface area contributed by atoms with Crippen molar-refractivity contribution >= 4 is 17.4 Å². The van der Waals surface area contributed by atoms with Crippen molar-refractivity contribution in [3.05, 3.63) is 95.6 Å². The maximum absolute atomic E-state index is 12.4. The van der Waals surface area contributed by atoms with Gasteiger partial charge < -0.3 is 25.3 Å². The molecule has 0 saturated heterocycles. The van der Waals surface area contributed by atoms with Crippen LogP contribution in [0.5, 0.6) is 11.5 Å². The molecule has 2 atom stereocenters. The van der Waals surface area contributed by atoms with Crippen molar-refractivity contribution in [1.82, 2.24) is 34.5 Å². The van der Waals surface area contributed by atoms with Crippen LogP contribution in [-0.4, -0.2) is 65.2 Å². The van der Waals surface area contributed by atoms with E-state index in [2.05, 4.69) is 65.3 Å². The van der Waals surface area contributed by atoms with Crippen LogP contribution in [0.4, 0.5) is 4.79 Å². The molecule has 2 aromatic carbocycles. The highest BCUT2D eigenvalue weighted by atomic mass is 16.6. The fourth-order valence-corrected chi connectivity index (χ4v) is 7.33. The average molecular weight is 827 g/mol. The van der Waals surface area contributed by atoms with E-state index >= 15 is 0 Å². The lowest BCUT2D eigenvalue weighted by Crippen LogP contribution is -2.52. The van der Waals surface area contributed by atoms with Gasteiger partial charge in [-0.1, -0.05) is 27.7 Å². The Kier molecular flexibility index (Phi) is 14.1. The van der Waals surface area contributed by atoms with Gasteiger partial charge in [0.25, 0.3) is 0 Å². The molecule has 6 aromatic rings. The van der Waals surface area contributed by atoms with E-state index < -0.39 is 22.8 Å². The van der Waals surface area contributed by atoms with E-state index in [0.717, 1.165) is 51.6 Å². The summed E-state index contributed by atoms with van der Waals surface area (Å²) in [5.74, 6) is 1.79. The summed E-state index contributed by atoms with van der Waals surface area (Å²) in [5, 5.41) is 31.3. The van der Waals surface area contributed by atoms with Crippen molar-refractivity contribution in [3.8, 4) is 46.2 Å². The summed E-state index contributed by atoms with van der Waals surface area (Å²) in [6.45, 7) is 22.2. The maximum Gasteiger partial charge on any atom is 0.408 e. The predicted octanol–water partition coefficient (Wildman–Crippen LogP) is 9.00. The third-order valence-electron chi connectivity index (χ3n) is 9.39. The van der Waals surface area contributed by atoms with Crippen molar-refractivity contribution in [2.24, 2.45) is 17.6 Å². The topological polar surface area (TPSA) is 191 Å². The number of rotatable bonds is 13. The van der Waals surface area contributed by atoms with Gasteiger partial charge in [0.2, 0.25) is 0 Å². The molecule has 1 amide bonds. The number of amides is 1. The number of alkyl carbamates (subject to hydrolysis) is 1. The highest BCUT2D eigenvalue weighted by Gasteiger charge is 2.31. The Balaban J connectivity index is 0.000000237. The van der Waals surface area contributed by atoms with Gasteiger partial charge in [0.15, 0.2) is 11.3 Å². The Morgan fingerprint density at radius 1 is 0.721 bits per heavy atom. The number of hydrogen-bond donors (Lipinski definition) is 2. The van der Waals surface area contributed by atoms with Crippen LogP contribution in [0.1, 0.15) is 97.7 Å². The summed E-state index contributed by atoms with van der Waals surface area (Å²) in [6.07, 6.45) is 4.50. The summed E-state index contributed by atoms with van der Waals surface area (Å²) in [7, 11) is 0. The number of nitrogens with one attached hydrogen (secondary N) is 1. The van der Waals surface area contributed by atoms with E-state index in [-0.39, 0.29) is 6.61 Å². The minimum Gasteiger partial charge on any atom is -0.490 e. The molecular formula is C47H58N10O4. The number of nitrogens with two attached hydrogens (primary N) is 1. The van der Waals surface area contributed by atoms with Gasteiger partial charge in [0, 0.05) is 41.2 Å². The first-order valence-corrected chi connectivity index (χ1v) is 20.5. The smallest absolute Gasteiger partial charge is 0.408 e. The van der Waals surface area contributed by atoms with E-state index in [9.17, 15) is 15.3 Å². The Bertz CT molecular complexity index is 2570. The number of nitriles is 2. The molecule has 320 valence electrons. The zero-order valence-electron chi connectivity index (χ0n) is 37.2.